The Morgan fingerprint density at radius 2 is 1.95 bits per heavy atom. The highest BCUT2D eigenvalue weighted by molar-refractivity contribution is 9.10. The molecule has 0 fully saturated rings. The van der Waals surface area contributed by atoms with Gasteiger partial charge in [0.25, 0.3) is 0 Å². The second-order valence-electron chi connectivity index (χ2n) is 4.65. The number of primary amides is 1. The third kappa shape index (κ3) is 4.82. The molecule has 0 heterocycles. The van der Waals surface area contributed by atoms with Crippen LogP contribution in [0.5, 0.6) is 0 Å². The minimum atomic E-state index is -0.904. The Balaban J connectivity index is 2.97. The first-order valence-electron chi connectivity index (χ1n) is 6.02. The number of nitrogens with two attached hydrogens (primary N) is 1. The standard InChI is InChI=1S/C13H18BrN3O3/c1-16(2)5-6-17(8-12(18)19)9-3-4-10(13(15)20)11(14)7-9/h3-4,7H,5-6,8H2,1-2H3,(H2,15,20)(H,18,19). The summed E-state index contributed by atoms with van der Waals surface area (Å²) < 4.78 is 0.558. The van der Waals surface area contributed by atoms with Gasteiger partial charge < -0.3 is 20.6 Å². The van der Waals surface area contributed by atoms with Gasteiger partial charge in [0.1, 0.15) is 6.54 Å². The van der Waals surface area contributed by atoms with Gasteiger partial charge in [-0.2, -0.15) is 0 Å². The van der Waals surface area contributed by atoms with E-state index in [1.54, 1.807) is 23.1 Å². The molecular weight excluding hydrogens is 326 g/mol. The number of carbonyl (C=O) groups excluding carboxylic acids is 1. The minimum Gasteiger partial charge on any atom is -0.480 e. The number of likely N-dealkylation sites (N-methyl/N-ethyl adjacent to an activating group) is 1. The summed E-state index contributed by atoms with van der Waals surface area (Å²) in [7, 11) is 3.84. The molecule has 0 atom stereocenters. The predicted octanol–water partition coefficient (Wildman–Crippen LogP) is 1.00. The van der Waals surface area contributed by atoms with E-state index in [1.165, 1.54) is 0 Å². The van der Waals surface area contributed by atoms with Crippen molar-refractivity contribution in [1.29, 1.82) is 0 Å². The maximum absolute atomic E-state index is 11.2. The summed E-state index contributed by atoms with van der Waals surface area (Å²) in [6.07, 6.45) is 0. The Kier molecular flexibility index (Phi) is 5.97. The number of halogens is 1. The minimum absolute atomic E-state index is 0.101. The number of carboxylic acid groups (broad SMARTS) is 1. The summed E-state index contributed by atoms with van der Waals surface area (Å²) in [6, 6.07) is 4.99. The van der Waals surface area contributed by atoms with E-state index in [4.69, 9.17) is 10.8 Å². The Morgan fingerprint density at radius 3 is 2.40 bits per heavy atom. The molecular formula is C13H18BrN3O3. The highest BCUT2D eigenvalue weighted by Gasteiger charge is 2.14. The third-order valence-electron chi connectivity index (χ3n) is 2.73. The molecule has 0 aliphatic heterocycles. The molecule has 1 amide bonds. The molecule has 0 saturated carbocycles. The average molecular weight is 344 g/mol. The van der Waals surface area contributed by atoms with Gasteiger partial charge in [0.2, 0.25) is 5.91 Å². The number of benzene rings is 1. The van der Waals surface area contributed by atoms with Crippen molar-refractivity contribution in [3.63, 3.8) is 0 Å². The SMILES string of the molecule is CN(C)CCN(CC(=O)O)c1ccc(C(N)=O)c(Br)c1. The molecule has 1 aromatic carbocycles. The summed E-state index contributed by atoms with van der Waals surface area (Å²) >= 11 is 3.28. The van der Waals surface area contributed by atoms with E-state index in [9.17, 15) is 9.59 Å². The van der Waals surface area contributed by atoms with E-state index >= 15 is 0 Å². The Morgan fingerprint density at radius 1 is 1.30 bits per heavy atom. The van der Waals surface area contributed by atoms with Crippen molar-refractivity contribution in [3.8, 4) is 0 Å². The van der Waals surface area contributed by atoms with Crippen molar-refractivity contribution in [2.24, 2.45) is 5.73 Å². The van der Waals surface area contributed by atoms with E-state index in [2.05, 4.69) is 15.9 Å². The number of aliphatic carboxylic acids is 1. The van der Waals surface area contributed by atoms with Gasteiger partial charge >= 0.3 is 5.97 Å². The second-order valence-corrected chi connectivity index (χ2v) is 5.50. The van der Waals surface area contributed by atoms with Gasteiger partial charge in [0.15, 0.2) is 0 Å². The van der Waals surface area contributed by atoms with E-state index in [0.717, 1.165) is 12.2 Å². The zero-order valence-corrected chi connectivity index (χ0v) is 13.1. The van der Waals surface area contributed by atoms with Gasteiger partial charge in [-0.3, -0.25) is 9.59 Å². The maximum Gasteiger partial charge on any atom is 0.323 e. The lowest BCUT2D eigenvalue weighted by atomic mass is 10.2. The van der Waals surface area contributed by atoms with Crippen LogP contribution in [0.1, 0.15) is 10.4 Å². The van der Waals surface area contributed by atoms with Crippen molar-refractivity contribution in [3.05, 3.63) is 28.2 Å². The van der Waals surface area contributed by atoms with Gasteiger partial charge in [-0.05, 0) is 48.2 Å². The van der Waals surface area contributed by atoms with E-state index < -0.39 is 11.9 Å². The summed E-state index contributed by atoms with van der Waals surface area (Å²) in [5.74, 6) is -1.43. The number of carboxylic acids is 1. The first kappa shape index (κ1) is 16.5. The molecule has 0 spiro atoms. The number of hydrogen-bond acceptors (Lipinski definition) is 4. The highest BCUT2D eigenvalue weighted by Crippen LogP contribution is 2.24. The molecule has 7 heteroatoms. The molecule has 0 saturated heterocycles. The largest absolute Gasteiger partial charge is 0.480 e. The van der Waals surface area contributed by atoms with Crippen LogP contribution in [0.15, 0.2) is 22.7 Å². The molecule has 20 heavy (non-hydrogen) atoms. The number of carbonyl (C=O) groups is 2. The van der Waals surface area contributed by atoms with Crippen molar-refractivity contribution < 1.29 is 14.7 Å². The van der Waals surface area contributed by atoms with Crippen LogP contribution in [0.3, 0.4) is 0 Å². The molecule has 6 nitrogen and oxygen atoms in total. The normalized spacial score (nSPS) is 10.6. The van der Waals surface area contributed by atoms with Crippen LogP contribution in [0.25, 0.3) is 0 Å². The molecule has 1 rings (SSSR count). The summed E-state index contributed by atoms with van der Waals surface area (Å²) in [6.45, 7) is 1.19. The van der Waals surface area contributed by atoms with Crippen LogP contribution in [0, 0.1) is 0 Å². The summed E-state index contributed by atoms with van der Waals surface area (Å²) in [5, 5.41) is 8.98. The first-order chi connectivity index (χ1) is 9.31. The molecule has 110 valence electrons. The monoisotopic (exact) mass is 343 g/mol. The van der Waals surface area contributed by atoms with Gasteiger partial charge in [-0.15, -0.1) is 0 Å². The molecule has 1 aromatic rings. The molecule has 0 aliphatic rings. The topological polar surface area (TPSA) is 86.9 Å². The quantitative estimate of drug-likeness (QED) is 0.771. The molecule has 0 radical (unpaired) electrons. The third-order valence-corrected chi connectivity index (χ3v) is 3.38. The summed E-state index contributed by atoms with van der Waals surface area (Å²) in [5.41, 5.74) is 6.34. The Labute approximate surface area is 126 Å². The van der Waals surface area contributed by atoms with E-state index in [-0.39, 0.29) is 6.54 Å². The van der Waals surface area contributed by atoms with Gasteiger partial charge in [-0.1, -0.05) is 0 Å². The molecule has 0 aromatic heterocycles. The zero-order valence-electron chi connectivity index (χ0n) is 11.5. The highest BCUT2D eigenvalue weighted by atomic mass is 79.9. The zero-order chi connectivity index (χ0) is 15.3. The van der Waals surface area contributed by atoms with Crippen LogP contribution in [-0.2, 0) is 4.79 Å². The van der Waals surface area contributed by atoms with E-state index in [0.29, 0.717) is 16.6 Å². The number of anilines is 1. The Hall–Kier alpha value is -1.60. The summed E-state index contributed by atoms with van der Waals surface area (Å²) in [4.78, 5) is 25.8. The number of amides is 1. The van der Waals surface area contributed by atoms with Crippen molar-refractivity contribution in [2.75, 3.05) is 38.6 Å². The van der Waals surface area contributed by atoms with Gasteiger partial charge in [-0.25, -0.2) is 0 Å². The van der Waals surface area contributed by atoms with Crippen LogP contribution in [-0.4, -0.2) is 55.6 Å². The van der Waals surface area contributed by atoms with Gasteiger partial charge in [0.05, 0.1) is 5.56 Å². The molecule has 3 N–H and O–H groups in total. The Bertz CT molecular complexity index is 506. The number of rotatable bonds is 7. The number of hydrogen-bond donors (Lipinski definition) is 2. The van der Waals surface area contributed by atoms with E-state index in [1.807, 2.05) is 19.0 Å². The van der Waals surface area contributed by atoms with Crippen molar-refractivity contribution >= 4 is 33.5 Å². The second kappa shape index (κ2) is 7.25. The average Bonchev–Trinajstić information content (AvgIpc) is 2.33. The molecule has 0 aliphatic carbocycles. The van der Waals surface area contributed by atoms with Crippen molar-refractivity contribution in [1.82, 2.24) is 4.90 Å². The molecule has 0 unspecified atom stereocenters. The predicted molar refractivity (Wildman–Crippen MR) is 81.1 cm³/mol. The van der Waals surface area contributed by atoms with Crippen LogP contribution in [0.4, 0.5) is 5.69 Å². The molecule has 0 bridgehead atoms. The van der Waals surface area contributed by atoms with Crippen LogP contribution in [0.2, 0.25) is 0 Å². The lowest BCUT2D eigenvalue weighted by molar-refractivity contribution is -0.135. The fraction of sp³-hybridized carbons (Fsp3) is 0.385. The van der Waals surface area contributed by atoms with Crippen LogP contribution >= 0.6 is 15.9 Å². The first-order valence-corrected chi connectivity index (χ1v) is 6.81. The lowest BCUT2D eigenvalue weighted by Crippen LogP contribution is -2.35. The maximum atomic E-state index is 11.2. The number of nitrogens with zero attached hydrogens (tertiary/aromatic N) is 2. The van der Waals surface area contributed by atoms with Gasteiger partial charge in [0, 0.05) is 23.2 Å². The van der Waals surface area contributed by atoms with Crippen LogP contribution < -0.4 is 10.6 Å². The fourth-order valence-electron chi connectivity index (χ4n) is 1.68. The fourth-order valence-corrected chi connectivity index (χ4v) is 2.25. The lowest BCUT2D eigenvalue weighted by Gasteiger charge is -2.25. The smallest absolute Gasteiger partial charge is 0.323 e. The van der Waals surface area contributed by atoms with Crippen molar-refractivity contribution in [2.45, 2.75) is 0 Å².